The lowest BCUT2D eigenvalue weighted by Gasteiger charge is -2.31. The molecule has 0 bridgehead atoms. The predicted octanol–water partition coefficient (Wildman–Crippen LogP) is 1.16. The number of aliphatic hydroxyl groups excluding tert-OH is 1. The van der Waals surface area contributed by atoms with Crippen LogP contribution in [0.1, 0.15) is 25.0 Å². The highest BCUT2D eigenvalue weighted by Crippen LogP contribution is 2.41. The Hall–Kier alpha value is -1.98. The maximum atomic E-state index is 12.4. The molecule has 1 unspecified atom stereocenters. The fraction of sp³-hybridized carbons (Fsp3) is 0.375. The Morgan fingerprint density at radius 1 is 1.48 bits per heavy atom. The Labute approximate surface area is 122 Å². The average molecular weight is 290 g/mol. The molecule has 1 aromatic carbocycles. The van der Waals surface area contributed by atoms with Gasteiger partial charge in [-0.05, 0) is 12.5 Å². The maximum Gasteiger partial charge on any atom is 0.347 e. The number of carbonyl (C=O) groups excluding carboxylic acids is 2. The van der Waals surface area contributed by atoms with Crippen LogP contribution in [0.4, 0.5) is 0 Å². The van der Waals surface area contributed by atoms with Crippen LogP contribution in [0.5, 0.6) is 0 Å². The molecule has 1 fully saturated rings. The second-order valence-electron chi connectivity index (χ2n) is 5.46. The quantitative estimate of drug-likeness (QED) is 0.483. The van der Waals surface area contributed by atoms with Crippen LogP contribution in [-0.4, -0.2) is 34.2 Å². The number of ether oxygens (including phenoxy) is 1. The van der Waals surface area contributed by atoms with Crippen LogP contribution in [0.2, 0.25) is 0 Å². The van der Waals surface area contributed by atoms with Crippen molar-refractivity contribution in [3.63, 3.8) is 0 Å². The highest BCUT2D eigenvalue weighted by Gasteiger charge is 2.62. The van der Waals surface area contributed by atoms with E-state index in [1.807, 2.05) is 0 Å². The summed E-state index contributed by atoms with van der Waals surface area (Å²) in [5, 5.41) is 20.6. The molecule has 1 heterocycles. The largest absolute Gasteiger partial charge is 0.462 e. The number of hydrogen-bond donors (Lipinski definition) is 2. The fourth-order valence-corrected chi connectivity index (χ4v) is 2.41. The summed E-state index contributed by atoms with van der Waals surface area (Å²) >= 11 is 0. The second-order valence-corrected chi connectivity index (χ2v) is 5.46. The Morgan fingerprint density at radius 3 is 2.67 bits per heavy atom. The zero-order chi connectivity index (χ0) is 15.7. The van der Waals surface area contributed by atoms with Crippen LogP contribution in [0.3, 0.4) is 0 Å². The summed E-state index contributed by atoms with van der Waals surface area (Å²) in [7, 11) is 0. The van der Waals surface area contributed by atoms with Crippen LogP contribution in [0.15, 0.2) is 43.0 Å². The van der Waals surface area contributed by atoms with E-state index in [0.29, 0.717) is 5.56 Å². The first-order valence-corrected chi connectivity index (χ1v) is 6.64. The standard InChI is InChI=1S/C16H18O5/c1-3-15(2)10-21-14(19)16(15,20)13(18)9-12(17)11-7-5-4-6-8-11/h3-8,12,17,20H,1,9-10H2,2H3/t12?,15-,16-/m0/s1. The van der Waals surface area contributed by atoms with Crippen molar-refractivity contribution in [1.82, 2.24) is 0 Å². The molecule has 5 nitrogen and oxygen atoms in total. The van der Waals surface area contributed by atoms with Crippen LogP contribution >= 0.6 is 0 Å². The molecular weight excluding hydrogens is 272 g/mol. The Morgan fingerprint density at radius 2 is 2.10 bits per heavy atom. The minimum atomic E-state index is -2.30. The molecule has 1 aromatic rings. The summed E-state index contributed by atoms with van der Waals surface area (Å²) in [6, 6.07) is 8.59. The monoisotopic (exact) mass is 290 g/mol. The zero-order valence-corrected chi connectivity index (χ0v) is 11.8. The van der Waals surface area contributed by atoms with Gasteiger partial charge >= 0.3 is 5.97 Å². The maximum absolute atomic E-state index is 12.4. The van der Waals surface area contributed by atoms with Crippen molar-refractivity contribution >= 4 is 11.8 Å². The number of rotatable bonds is 5. The van der Waals surface area contributed by atoms with E-state index >= 15 is 0 Å². The molecule has 112 valence electrons. The molecule has 0 saturated carbocycles. The summed E-state index contributed by atoms with van der Waals surface area (Å²) < 4.78 is 4.82. The summed E-state index contributed by atoms with van der Waals surface area (Å²) in [6.45, 7) is 4.97. The summed E-state index contributed by atoms with van der Waals surface area (Å²) in [5.41, 5.74) is -2.96. The van der Waals surface area contributed by atoms with Crippen LogP contribution in [0.25, 0.3) is 0 Å². The lowest BCUT2D eigenvalue weighted by atomic mass is 9.72. The molecule has 0 amide bonds. The molecule has 3 atom stereocenters. The average Bonchev–Trinajstić information content (AvgIpc) is 2.74. The van der Waals surface area contributed by atoms with Gasteiger partial charge in [-0.1, -0.05) is 36.4 Å². The van der Waals surface area contributed by atoms with Crippen molar-refractivity contribution in [2.75, 3.05) is 6.61 Å². The Kier molecular flexibility index (Phi) is 3.98. The summed E-state index contributed by atoms with van der Waals surface area (Å²) in [6.07, 6.45) is -0.130. The van der Waals surface area contributed by atoms with E-state index < -0.39 is 28.9 Å². The van der Waals surface area contributed by atoms with E-state index in [2.05, 4.69) is 6.58 Å². The minimum Gasteiger partial charge on any atom is -0.462 e. The molecule has 0 aliphatic carbocycles. The number of aliphatic hydroxyl groups is 2. The smallest absolute Gasteiger partial charge is 0.347 e. The van der Waals surface area contributed by atoms with E-state index in [0.717, 1.165) is 0 Å². The minimum absolute atomic E-state index is 0.112. The number of esters is 1. The highest BCUT2D eigenvalue weighted by molar-refractivity contribution is 6.09. The Balaban J connectivity index is 2.23. The van der Waals surface area contributed by atoms with E-state index in [4.69, 9.17) is 4.74 Å². The fourth-order valence-electron chi connectivity index (χ4n) is 2.41. The van der Waals surface area contributed by atoms with E-state index in [1.165, 1.54) is 13.0 Å². The van der Waals surface area contributed by atoms with Gasteiger partial charge in [0.25, 0.3) is 0 Å². The summed E-state index contributed by atoms with van der Waals surface area (Å²) in [5.74, 6) is -1.76. The van der Waals surface area contributed by atoms with E-state index in [-0.39, 0.29) is 13.0 Å². The molecule has 0 radical (unpaired) electrons. The molecule has 2 rings (SSSR count). The van der Waals surface area contributed by atoms with Gasteiger partial charge in [-0.25, -0.2) is 4.79 Å². The van der Waals surface area contributed by atoms with Crippen molar-refractivity contribution in [3.05, 3.63) is 48.6 Å². The molecule has 5 heteroatoms. The van der Waals surface area contributed by atoms with Gasteiger partial charge in [0.1, 0.15) is 6.61 Å². The van der Waals surface area contributed by atoms with Gasteiger partial charge in [0.05, 0.1) is 11.5 Å². The van der Waals surface area contributed by atoms with E-state index in [9.17, 15) is 19.8 Å². The number of Topliss-reactive ketones (excluding diaryl/α,β-unsaturated/α-hetero) is 1. The molecule has 0 aromatic heterocycles. The number of cyclic esters (lactones) is 1. The highest BCUT2D eigenvalue weighted by atomic mass is 16.6. The van der Waals surface area contributed by atoms with Crippen LogP contribution in [-0.2, 0) is 14.3 Å². The van der Waals surface area contributed by atoms with Gasteiger partial charge in [-0.15, -0.1) is 6.58 Å². The van der Waals surface area contributed by atoms with Gasteiger partial charge in [0, 0.05) is 6.42 Å². The lowest BCUT2D eigenvalue weighted by Crippen LogP contribution is -2.54. The van der Waals surface area contributed by atoms with E-state index in [1.54, 1.807) is 30.3 Å². The van der Waals surface area contributed by atoms with Gasteiger partial charge in [-0.2, -0.15) is 0 Å². The number of hydrogen-bond acceptors (Lipinski definition) is 5. The van der Waals surface area contributed by atoms with Crippen LogP contribution in [0, 0.1) is 5.41 Å². The molecule has 2 N–H and O–H groups in total. The lowest BCUT2D eigenvalue weighted by molar-refractivity contribution is -0.164. The SMILES string of the molecule is C=C[C@@]1(C)COC(=O)[C@@]1(O)C(=O)CC(O)c1ccccc1. The third kappa shape index (κ3) is 2.39. The first-order valence-electron chi connectivity index (χ1n) is 6.64. The Bertz CT molecular complexity index is 567. The van der Waals surface area contributed by atoms with Gasteiger partial charge < -0.3 is 14.9 Å². The van der Waals surface area contributed by atoms with Crippen LogP contribution < -0.4 is 0 Å². The first kappa shape index (κ1) is 15.4. The number of ketones is 1. The van der Waals surface area contributed by atoms with Crippen molar-refractivity contribution in [1.29, 1.82) is 0 Å². The van der Waals surface area contributed by atoms with Crippen molar-refractivity contribution in [3.8, 4) is 0 Å². The van der Waals surface area contributed by atoms with Crippen molar-refractivity contribution in [2.24, 2.45) is 5.41 Å². The molecule has 1 aliphatic rings. The van der Waals surface area contributed by atoms with Crippen molar-refractivity contribution in [2.45, 2.75) is 25.0 Å². The van der Waals surface area contributed by atoms with Gasteiger partial charge in [0.15, 0.2) is 5.78 Å². The third-order valence-corrected chi connectivity index (χ3v) is 4.04. The molecule has 0 spiro atoms. The molecule has 1 saturated heterocycles. The second kappa shape index (κ2) is 5.42. The third-order valence-electron chi connectivity index (χ3n) is 4.04. The normalized spacial score (nSPS) is 29.8. The van der Waals surface area contributed by atoms with Gasteiger partial charge in [0.2, 0.25) is 5.60 Å². The van der Waals surface area contributed by atoms with Crippen molar-refractivity contribution < 1.29 is 24.5 Å². The summed E-state index contributed by atoms with van der Waals surface area (Å²) in [4.78, 5) is 24.2. The molecule has 21 heavy (non-hydrogen) atoms. The molecule has 1 aliphatic heterocycles. The predicted molar refractivity (Wildman–Crippen MR) is 75.2 cm³/mol. The topological polar surface area (TPSA) is 83.8 Å². The number of carbonyl (C=O) groups is 2. The number of benzene rings is 1. The first-order chi connectivity index (χ1) is 9.85. The molecular formula is C16H18O5. The zero-order valence-electron chi connectivity index (χ0n) is 11.8. The van der Waals surface area contributed by atoms with Gasteiger partial charge in [-0.3, -0.25) is 4.79 Å².